The molecule has 2 N–H and O–H groups in total. The van der Waals surface area contributed by atoms with Crippen molar-refractivity contribution in [3.8, 4) is 5.75 Å². The minimum absolute atomic E-state index is 0.0711. The van der Waals surface area contributed by atoms with Crippen LogP contribution in [0.5, 0.6) is 5.75 Å². The molecule has 3 heteroatoms. The molecule has 1 saturated heterocycles. The van der Waals surface area contributed by atoms with Crippen LogP contribution >= 0.6 is 0 Å². The summed E-state index contributed by atoms with van der Waals surface area (Å²) < 4.78 is 13.6. The molecule has 1 aliphatic heterocycles. The first-order valence-corrected chi connectivity index (χ1v) is 4.41. The zero-order chi connectivity index (χ0) is 9.26. The highest BCUT2D eigenvalue weighted by molar-refractivity contribution is 5.29. The predicted octanol–water partition coefficient (Wildman–Crippen LogP) is 1.62. The molecule has 0 aliphatic carbocycles. The maximum atomic E-state index is 13.6. The number of benzene rings is 1. The van der Waals surface area contributed by atoms with Crippen molar-refractivity contribution in [2.45, 2.75) is 6.17 Å². The zero-order valence-electron chi connectivity index (χ0n) is 7.20. The maximum absolute atomic E-state index is 13.6. The molecule has 13 heavy (non-hydrogen) atoms. The van der Waals surface area contributed by atoms with Crippen molar-refractivity contribution in [3.05, 3.63) is 29.8 Å². The van der Waals surface area contributed by atoms with Crippen LogP contribution < -0.4 is 5.32 Å². The number of nitrogens with one attached hydrogen (secondary N) is 1. The van der Waals surface area contributed by atoms with Gasteiger partial charge >= 0.3 is 0 Å². The highest BCUT2D eigenvalue weighted by Gasteiger charge is 2.28. The third-order valence-electron chi connectivity index (χ3n) is 2.42. The van der Waals surface area contributed by atoms with Gasteiger partial charge < -0.3 is 10.4 Å². The molecular formula is C10H12FNO. The molecule has 0 radical (unpaired) electrons. The third-order valence-corrected chi connectivity index (χ3v) is 2.42. The summed E-state index contributed by atoms with van der Waals surface area (Å²) in [5.41, 5.74) is 0.575. The quantitative estimate of drug-likeness (QED) is 0.726. The fraction of sp³-hybridized carbons (Fsp3) is 0.400. The molecule has 2 rings (SSSR count). The summed E-state index contributed by atoms with van der Waals surface area (Å²) >= 11 is 0. The summed E-state index contributed by atoms with van der Waals surface area (Å²) in [7, 11) is 0. The number of hydrogen-bond donors (Lipinski definition) is 2. The highest BCUT2D eigenvalue weighted by Crippen LogP contribution is 2.30. The van der Waals surface area contributed by atoms with Crippen LogP contribution in [0.15, 0.2) is 24.3 Å². The number of aromatic hydroxyl groups is 1. The van der Waals surface area contributed by atoms with Gasteiger partial charge in [-0.1, -0.05) is 12.1 Å². The molecule has 0 bridgehead atoms. The van der Waals surface area contributed by atoms with Gasteiger partial charge in [-0.25, -0.2) is 4.39 Å². The Morgan fingerprint density at radius 1 is 1.46 bits per heavy atom. The van der Waals surface area contributed by atoms with Crippen molar-refractivity contribution in [2.75, 3.05) is 13.1 Å². The van der Waals surface area contributed by atoms with Crippen LogP contribution in [0.2, 0.25) is 0 Å². The predicted molar refractivity (Wildman–Crippen MR) is 48.3 cm³/mol. The number of alkyl halides is 1. The zero-order valence-corrected chi connectivity index (χ0v) is 7.20. The fourth-order valence-electron chi connectivity index (χ4n) is 1.49. The van der Waals surface area contributed by atoms with Crippen LogP contribution in [0.1, 0.15) is 11.7 Å². The smallest absolute Gasteiger partial charge is 0.130 e. The number of hydrogen-bond acceptors (Lipinski definition) is 2. The van der Waals surface area contributed by atoms with Gasteiger partial charge in [0, 0.05) is 19.0 Å². The lowest BCUT2D eigenvalue weighted by Crippen LogP contribution is -2.44. The second-order valence-electron chi connectivity index (χ2n) is 3.42. The summed E-state index contributed by atoms with van der Waals surface area (Å²) in [4.78, 5) is 0. The average molecular weight is 181 g/mol. The third kappa shape index (κ3) is 1.65. The summed E-state index contributed by atoms with van der Waals surface area (Å²) in [6.07, 6.45) is -0.951. The van der Waals surface area contributed by atoms with Gasteiger partial charge in [0.25, 0.3) is 0 Å². The number of rotatable bonds is 2. The summed E-state index contributed by atoms with van der Waals surface area (Å²) in [6.45, 7) is 1.47. The van der Waals surface area contributed by atoms with Crippen molar-refractivity contribution in [1.82, 2.24) is 5.32 Å². The van der Waals surface area contributed by atoms with E-state index in [0.717, 1.165) is 13.1 Å². The highest BCUT2D eigenvalue weighted by atomic mass is 19.1. The van der Waals surface area contributed by atoms with Crippen LogP contribution in [0.25, 0.3) is 0 Å². The SMILES string of the molecule is Oc1cccc(C(F)C2CNC2)c1. The Balaban J connectivity index is 2.14. The molecule has 0 aromatic heterocycles. The molecule has 1 aromatic carbocycles. The van der Waals surface area contributed by atoms with Crippen molar-refractivity contribution >= 4 is 0 Å². The summed E-state index contributed by atoms with van der Waals surface area (Å²) in [5.74, 6) is 0.203. The summed E-state index contributed by atoms with van der Waals surface area (Å²) in [5, 5.41) is 12.2. The van der Waals surface area contributed by atoms with Crippen LogP contribution in [-0.4, -0.2) is 18.2 Å². The van der Waals surface area contributed by atoms with E-state index in [-0.39, 0.29) is 11.7 Å². The lowest BCUT2D eigenvalue weighted by atomic mass is 9.92. The molecule has 1 unspecified atom stereocenters. The van der Waals surface area contributed by atoms with Crippen molar-refractivity contribution in [2.24, 2.45) is 5.92 Å². The Bertz CT molecular complexity index is 299. The number of phenolic OH excluding ortho intramolecular Hbond substituents is 1. The second kappa shape index (κ2) is 3.34. The molecule has 2 nitrogen and oxygen atoms in total. The van der Waals surface area contributed by atoms with Gasteiger partial charge in [-0.15, -0.1) is 0 Å². The number of halogens is 1. The molecule has 1 aliphatic rings. The Morgan fingerprint density at radius 3 is 2.77 bits per heavy atom. The molecule has 0 amide bonds. The molecule has 70 valence electrons. The molecule has 1 fully saturated rings. The topological polar surface area (TPSA) is 32.3 Å². The first-order chi connectivity index (χ1) is 6.27. The molecule has 1 atom stereocenters. The molecular weight excluding hydrogens is 169 g/mol. The molecule has 1 heterocycles. The second-order valence-corrected chi connectivity index (χ2v) is 3.42. The lowest BCUT2D eigenvalue weighted by molar-refractivity contribution is 0.171. The minimum Gasteiger partial charge on any atom is -0.508 e. The van der Waals surface area contributed by atoms with Gasteiger partial charge in [0.1, 0.15) is 11.9 Å². The Kier molecular flexibility index (Phi) is 2.19. The van der Waals surface area contributed by atoms with E-state index in [9.17, 15) is 4.39 Å². The van der Waals surface area contributed by atoms with E-state index < -0.39 is 6.17 Å². The van der Waals surface area contributed by atoms with Gasteiger partial charge in [0.2, 0.25) is 0 Å². The lowest BCUT2D eigenvalue weighted by Gasteiger charge is -2.30. The van der Waals surface area contributed by atoms with Crippen molar-refractivity contribution in [3.63, 3.8) is 0 Å². The largest absolute Gasteiger partial charge is 0.508 e. The number of phenols is 1. The van der Waals surface area contributed by atoms with Crippen molar-refractivity contribution in [1.29, 1.82) is 0 Å². The van der Waals surface area contributed by atoms with Crippen LogP contribution in [0.4, 0.5) is 4.39 Å². The summed E-state index contributed by atoms with van der Waals surface area (Å²) in [6, 6.07) is 6.42. The first-order valence-electron chi connectivity index (χ1n) is 4.41. The van der Waals surface area contributed by atoms with E-state index >= 15 is 0 Å². The van der Waals surface area contributed by atoms with Gasteiger partial charge in [-0.3, -0.25) is 0 Å². The van der Waals surface area contributed by atoms with Crippen molar-refractivity contribution < 1.29 is 9.50 Å². The van der Waals surface area contributed by atoms with E-state index in [1.165, 1.54) is 6.07 Å². The molecule has 0 spiro atoms. The van der Waals surface area contributed by atoms with Crippen LogP contribution in [-0.2, 0) is 0 Å². The maximum Gasteiger partial charge on any atom is 0.130 e. The van der Waals surface area contributed by atoms with E-state index in [1.807, 2.05) is 0 Å². The monoisotopic (exact) mass is 181 g/mol. The Hall–Kier alpha value is -1.09. The van der Waals surface area contributed by atoms with E-state index in [0.29, 0.717) is 5.56 Å². The Morgan fingerprint density at radius 2 is 2.23 bits per heavy atom. The standard InChI is InChI=1S/C10H12FNO/c11-10(8-5-12-6-8)7-2-1-3-9(13)4-7/h1-4,8,10,12-13H,5-6H2. The van der Waals surface area contributed by atoms with E-state index in [1.54, 1.807) is 18.2 Å². The molecule has 1 aromatic rings. The van der Waals surface area contributed by atoms with Gasteiger partial charge in [-0.05, 0) is 17.7 Å². The normalized spacial score (nSPS) is 19.5. The van der Waals surface area contributed by atoms with Crippen LogP contribution in [0, 0.1) is 5.92 Å². The van der Waals surface area contributed by atoms with Gasteiger partial charge in [0.15, 0.2) is 0 Å². The molecule has 0 saturated carbocycles. The van der Waals surface area contributed by atoms with Crippen LogP contribution in [0.3, 0.4) is 0 Å². The average Bonchev–Trinajstić information content (AvgIpc) is 2.01. The van der Waals surface area contributed by atoms with Gasteiger partial charge in [-0.2, -0.15) is 0 Å². The minimum atomic E-state index is -0.951. The fourth-order valence-corrected chi connectivity index (χ4v) is 1.49. The van der Waals surface area contributed by atoms with Gasteiger partial charge in [0.05, 0.1) is 0 Å². The Labute approximate surface area is 76.4 Å². The van der Waals surface area contributed by atoms with E-state index in [4.69, 9.17) is 5.11 Å². The first kappa shape index (κ1) is 8.51. The van der Waals surface area contributed by atoms with E-state index in [2.05, 4.69) is 5.32 Å².